The molecule has 10 heteroatoms. The maximum Gasteiger partial charge on any atom is 0.416 e. The molecule has 2 aliphatic heterocycles. The van der Waals surface area contributed by atoms with Gasteiger partial charge in [-0.05, 0) is 107 Å². The first-order valence-electron chi connectivity index (χ1n) is 15.2. The van der Waals surface area contributed by atoms with Gasteiger partial charge in [-0.2, -0.15) is 13.2 Å². The van der Waals surface area contributed by atoms with Crippen molar-refractivity contribution in [1.82, 2.24) is 9.88 Å². The Hall–Kier alpha value is -2.43. The SMILES string of the molecule is Cc1cccc(N(CCCN2CCCC2)C(=O)[C@@H]2[C@H](O[Si](C)(C)C(C)(C)C)CCN2c2cc(C(F)(F)F)cc(C)n2)c1. The lowest BCUT2D eigenvalue weighted by atomic mass is 10.1. The molecule has 0 spiro atoms. The average molecular weight is 605 g/mol. The maximum absolute atomic E-state index is 14.7. The molecule has 1 aromatic carbocycles. The Labute approximate surface area is 250 Å². The first kappa shape index (κ1) is 32.5. The first-order chi connectivity index (χ1) is 19.6. The molecule has 0 bridgehead atoms. The second kappa shape index (κ2) is 12.7. The van der Waals surface area contributed by atoms with E-state index in [0.717, 1.165) is 49.4 Å². The lowest BCUT2D eigenvalue weighted by molar-refractivity contribution is -0.137. The number of anilines is 2. The minimum atomic E-state index is -4.51. The van der Waals surface area contributed by atoms with E-state index >= 15 is 0 Å². The van der Waals surface area contributed by atoms with Gasteiger partial charge in [-0.25, -0.2) is 4.98 Å². The minimum absolute atomic E-state index is 0.0922. The van der Waals surface area contributed by atoms with Crippen molar-refractivity contribution in [3.63, 3.8) is 0 Å². The predicted octanol–water partition coefficient (Wildman–Crippen LogP) is 7.21. The highest BCUT2D eigenvalue weighted by atomic mass is 28.4. The molecule has 0 radical (unpaired) electrons. The number of carbonyl (C=O) groups is 1. The van der Waals surface area contributed by atoms with Crippen LogP contribution in [0.5, 0.6) is 0 Å². The van der Waals surface area contributed by atoms with E-state index in [-0.39, 0.29) is 22.5 Å². The molecule has 6 nitrogen and oxygen atoms in total. The zero-order valence-corrected chi connectivity index (χ0v) is 27.2. The number of rotatable bonds is 9. The van der Waals surface area contributed by atoms with Gasteiger partial charge in [0.2, 0.25) is 0 Å². The number of amides is 1. The maximum atomic E-state index is 14.7. The van der Waals surface area contributed by atoms with E-state index in [1.807, 2.05) is 36.1 Å². The summed E-state index contributed by atoms with van der Waals surface area (Å²) in [4.78, 5) is 25.3. The van der Waals surface area contributed by atoms with Crippen LogP contribution in [0.4, 0.5) is 24.7 Å². The summed E-state index contributed by atoms with van der Waals surface area (Å²) in [5.41, 5.74) is 1.34. The van der Waals surface area contributed by atoms with Gasteiger partial charge in [-0.1, -0.05) is 32.9 Å². The van der Waals surface area contributed by atoms with Gasteiger partial charge in [0.1, 0.15) is 11.9 Å². The van der Waals surface area contributed by atoms with E-state index in [1.54, 1.807) is 11.8 Å². The van der Waals surface area contributed by atoms with Crippen LogP contribution in [0.1, 0.15) is 63.3 Å². The smallest absolute Gasteiger partial charge is 0.411 e. The third-order valence-corrected chi connectivity index (χ3v) is 13.5. The van der Waals surface area contributed by atoms with Crippen molar-refractivity contribution >= 4 is 25.7 Å². The van der Waals surface area contributed by atoms with Crippen molar-refractivity contribution in [3.8, 4) is 0 Å². The van der Waals surface area contributed by atoms with Crippen molar-refractivity contribution in [2.24, 2.45) is 0 Å². The van der Waals surface area contributed by atoms with E-state index < -0.39 is 32.2 Å². The second-order valence-electron chi connectivity index (χ2n) is 13.4. The highest BCUT2D eigenvalue weighted by molar-refractivity contribution is 6.74. The summed E-state index contributed by atoms with van der Waals surface area (Å²) in [5.74, 6) is 0.0170. The number of hydrogen-bond acceptors (Lipinski definition) is 5. The Morgan fingerprint density at radius 3 is 2.38 bits per heavy atom. The Bertz CT molecular complexity index is 1240. The van der Waals surface area contributed by atoms with E-state index in [0.29, 0.717) is 19.5 Å². The van der Waals surface area contributed by atoms with Crippen LogP contribution in [0.15, 0.2) is 36.4 Å². The number of benzene rings is 1. The van der Waals surface area contributed by atoms with E-state index in [4.69, 9.17) is 4.43 Å². The summed E-state index contributed by atoms with van der Waals surface area (Å²) >= 11 is 0. The Kier molecular flexibility index (Phi) is 9.79. The lowest BCUT2D eigenvalue weighted by Gasteiger charge is -2.41. The van der Waals surface area contributed by atoms with Crippen LogP contribution in [0.25, 0.3) is 0 Å². The highest BCUT2D eigenvalue weighted by Gasteiger charge is 2.48. The predicted molar refractivity (Wildman–Crippen MR) is 166 cm³/mol. The lowest BCUT2D eigenvalue weighted by Crippen LogP contribution is -2.55. The van der Waals surface area contributed by atoms with Gasteiger partial charge in [0.05, 0.1) is 11.7 Å². The van der Waals surface area contributed by atoms with Crippen molar-refractivity contribution in [2.75, 3.05) is 42.5 Å². The Balaban J connectivity index is 1.73. The molecule has 1 amide bonds. The molecule has 3 heterocycles. The minimum Gasteiger partial charge on any atom is -0.411 e. The number of hydrogen-bond donors (Lipinski definition) is 0. The number of halogens is 3. The fraction of sp³-hybridized carbons (Fsp3) is 0.625. The molecular formula is C32H47F3N4O2Si. The highest BCUT2D eigenvalue weighted by Crippen LogP contribution is 2.41. The van der Waals surface area contributed by atoms with Crippen molar-refractivity contribution < 1.29 is 22.4 Å². The topological polar surface area (TPSA) is 48.9 Å². The number of alkyl halides is 3. The molecule has 1 aromatic heterocycles. The second-order valence-corrected chi connectivity index (χ2v) is 18.2. The monoisotopic (exact) mass is 604 g/mol. The summed E-state index contributed by atoms with van der Waals surface area (Å²) in [6.07, 6.45) is -1.22. The van der Waals surface area contributed by atoms with E-state index in [1.165, 1.54) is 12.8 Å². The molecule has 0 unspecified atom stereocenters. The quantitative estimate of drug-likeness (QED) is 0.283. The molecule has 2 fully saturated rings. The number of aryl methyl sites for hydroxylation is 2. The normalized spacial score (nSPS) is 20.4. The summed E-state index contributed by atoms with van der Waals surface area (Å²) in [6, 6.07) is 9.22. The van der Waals surface area contributed by atoms with Crippen LogP contribution in [0, 0.1) is 13.8 Å². The van der Waals surface area contributed by atoms with Crippen molar-refractivity contribution in [2.45, 2.75) is 96.8 Å². The molecule has 2 aromatic rings. The summed E-state index contributed by atoms with van der Waals surface area (Å²) < 4.78 is 48.4. The summed E-state index contributed by atoms with van der Waals surface area (Å²) in [7, 11) is -2.31. The zero-order valence-electron chi connectivity index (χ0n) is 26.2. The van der Waals surface area contributed by atoms with Gasteiger partial charge >= 0.3 is 6.18 Å². The number of aromatic nitrogens is 1. The number of pyridine rings is 1. The molecule has 2 aliphatic rings. The van der Waals surface area contributed by atoms with Crippen LogP contribution in [-0.2, 0) is 15.4 Å². The molecule has 232 valence electrons. The molecular weight excluding hydrogens is 557 g/mol. The van der Waals surface area contributed by atoms with Crippen LogP contribution < -0.4 is 9.80 Å². The third kappa shape index (κ3) is 7.55. The standard InChI is InChI=1S/C32H47F3N4O2Si/c1-23-12-10-13-26(20-23)38(18-11-17-37-15-8-9-16-37)30(40)29-27(41-42(6,7)31(3,4)5)14-19-39(29)28-22-25(32(33,34)35)21-24(2)36-28/h10,12-13,20-22,27,29H,8-9,11,14-19H2,1-7H3/t27-,29+/m1/s1. The van der Waals surface area contributed by atoms with Crippen molar-refractivity contribution in [1.29, 1.82) is 0 Å². The summed E-state index contributed by atoms with van der Waals surface area (Å²) in [6.45, 7) is 18.3. The molecule has 2 atom stereocenters. The van der Waals surface area contributed by atoms with E-state index in [9.17, 15) is 18.0 Å². The average Bonchev–Trinajstić information content (AvgIpc) is 3.54. The van der Waals surface area contributed by atoms with Gasteiger partial charge in [0.15, 0.2) is 8.32 Å². The fourth-order valence-electron chi connectivity index (χ4n) is 5.73. The summed E-state index contributed by atoms with van der Waals surface area (Å²) in [5, 5.41) is -0.0922. The van der Waals surface area contributed by atoms with Crippen LogP contribution in [0.3, 0.4) is 0 Å². The Morgan fingerprint density at radius 2 is 1.76 bits per heavy atom. The number of nitrogens with zero attached hydrogens (tertiary/aromatic N) is 4. The van der Waals surface area contributed by atoms with Gasteiger partial charge < -0.3 is 19.1 Å². The third-order valence-electron chi connectivity index (χ3n) is 9.04. The zero-order chi connectivity index (χ0) is 30.9. The van der Waals surface area contributed by atoms with Crippen molar-refractivity contribution in [3.05, 3.63) is 53.2 Å². The molecule has 2 saturated heterocycles. The van der Waals surface area contributed by atoms with Gasteiger partial charge in [-0.15, -0.1) is 0 Å². The first-order valence-corrected chi connectivity index (χ1v) is 18.1. The van der Waals surface area contributed by atoms with Gasteiger partial charge in [-0.3, -0.25) is 4.79 Å². The fourth-order valence-corrected chi connectivity index (χ4v) is 7.09. The molecule has 0 saturated carbocycles. The molecule has 42 heavy (non-hydrogen) atoms. The molecule has 0 aliphatic carbocycles. The van der Waals surface area contributed by atoms with Crippen LogP contribution in [-0.4, -0.2) is 69.0 Å². The van der Waals surface area contributed by atoms with Gasteiger partial charge in [0.25, 0.3) is 5.91 Å². The van der Waals surface area contributed by atoms with Gasteiger partial charge in [0, 0.05) is 24.5 Å². The molecule has 4 rings (SSSR count). The van der Waals surface area contributed by atoms with Crippen LogP contribution >= 0.6 is 0 Å². The Morgan fingerprint density at radius 1 is 1.07 bits per heavy atom. The van der Waals surface area contributed by atoms with E-state index in [2.05, 4.69) is 43.7 Å². The number of likely N-dealkylation sites (tertiary alicyclic amines) is 1. The van der Waals surface area contributed by atoms with Crippen LogP contribution in [0.2, 0.25) is 18.1 Å². The molecule has 0 N–H and O–H groups in total. The largest absolute Gasteiger partial charge is 0.416 e. The number of carbonyl (C=O) groups excluding carboxylic acids is 1.